The number of carbonyl (C=O) groups excluding carboxylic acids is 1. The molecule has 0 amide bonds. The Balaban J connectivity index is 0.000000446. The second-order valence-corrected chi connectivity index (χ2v) is 11.8. The smallest absolute Gasteiger partial charge is 0.550 e. The van der Waals surface area contributed by atoms with Crippen molar-refractivity contribution in [2.75, 3.05) is 42.7 Å². The average molecular weight is 1020 g/mol. The molecule has 0 aliphatic rings. The first-order valence-corrected chi connectivity index (χ1v) is 18.4. The van der Waals surface area contributed by atoms with Crippen LogP contribution in [0.1, 0.15) is 6.92 Å². The zero-order valence-corrected chi connectivity index (χ0v) is 39.9. The van der Waals surface area contributed by atoms with E-state index in [1.165, 1.54) is 19.0 Å². The van der Waals surface area contributed by atoms with Crippen molar-refractivity contribution in [3.63, 3.8) is 0 Å². The molecular formula is C47H48Mo2N6O8. The number of methoxy groups -OCH3 is 6. The second-order valence-electron chi connectivity index (χ2n) is 11.8. The standard InChI is InChI=1S/3C15H15N2O2.C2H4O2.2Mo/c3*1-18-14-7-3-12(4-8-14)16-11-17-13-5-9-15(19-2)10-6-13;1-2(3)4;;/h3*3-11H,1-2H3;1H3,(H,3,4);;/q3*-1;;2*+2/p-1. The van der Waals surface area contributed by atoms with Crippen LogP contribution in [-0.4, -0.2) is 67.6 Å². The number of carbonyl (C=O) groups is 1. The van der Waals surface area contributed by atoms with Crippen LogP contribution in [0.15, 0.2) is 161 Å². The van der Waals surface area contributed by atoms with Gasteiger partial charge in [-0.15, -0.1) is 0 Å². The fraction of sp³-hybridized carbons (Fsp3) is 0.149. The van der Waals surface area contributed by atoms with Crippen LogP contribution in [-0.2, 0) is 46.9 Å². The van der Waals surface area contributed by atoms with Crippen LogP contribution in [0.25, 0.3) is 16.0 Å². The molecule has 14 nitrogen and oxygen atoms in total. The number of benzene rings is 6. The van der Waals surface area contributed by atoms with E-state index in [0.717, 1.165) is 75.5 Å². The van der Waals surface area contributed by atoms with E-state index in [2.05, 4.69) is 30.9 Å². The molecule has 0 saturated heterocycles. The van der Waals surface area contributed by atoms with Crippen molar-refractivity contribution in [1.29, 1.82) is 0 Å². The van der Waals surface area contributed by atoms with Crippen molar-refractivity contribution < 1.29 is 80.5 Å². The average Bonchev–Trinajstić information content (AvgIpc) is 3.30. The van der Waals surface area contributed by atoms with Crippen LogP contribution in [0.3, 0.4) is 0 Å². The van der Waals surface area contributed by atoms with Crippen LogP contribution in [0.5, 0.6) is 34.5 Å². The minimum atomic E-state index is -1.08. The van der Waals surface area contributed by atoms with Gasteiger partial charge in [-0.2, -0.15) is 0 Å². The molecule has 16 heteroatoms. The molecule has 0 atom stereocenters. The number of carboxylic acids is 1. The van der Waals surface area contributed by atoms with Gasteiger partial charge in [0, 0.05) is 5.97 Å². The number of hydrogen-bond donors (Lipinski definition) is 0. The molecule has 6 aromatic carbocycles. The second kappa shape index (κ2) is 32.1. The number of aliphatic carboxylic acids is 1. The van der Waals surface area contributed by atoms with E-state index in [-0.39, 0.29) is 42.1 Å². The SMILES string of the molecule is CC(=O)[O-].COc1ccc(N=C[N-]c2ccc(OC)cc2)cc1.COc1ccc(N=C[N-]c2ccc(OC)cc2)cc1.COc1ccc(N=C[N-]c2ccc(OC)cc2)cc1.[Mo+2].[Mo+2]. The minimum Gasteiger partial charge on any atom is -0.550 e. The van der Waals surface area contributed by atoms with Gasteiger partial charge >= 0.3 is 42.1 Å². The molecule has 0 aliphatic carbocycles. The van der Waals surface area contributed by atoms with Crippen molar-refractivity contribution in [2.24, 2.45) is 15.0 Å². The fourth-order valence-corrected chi connectivity index (χ4v) is 4.50. The molecule has 0 unspecified atom stereocenters. The summed E-state index contributed by atoms with van der Waals surface area (Å²) in [4.78, 5) is 21.6. The third-order valence-electron chi connectivity index (χ3n) is 7.68. The Morgan fingerprint density at radius 2 is 0.540 bits per heavy atom. The third kappa shape index (κ3) is 22.7. The molecule has 0 spiro atoms. The molecule has 6 rings (SSSR count). The maximum absolute atomic E-state index is 8.89. The van der Waals surface area contributed by atoms with Gasteiger partial charge < -0.3 is 69.2 Å². The Bertz CT molecular complexity index is 1960. The summed E-state index contributed by atoms with van der Waals surface area (Å²) in [5.41, 5.74) is 4.99. The first kappa shape index (κ1) is 54.4. The Hall–Kier alpha value is -6.62. The Kier molecular flexibility index (Phi) is 27.7. The van der Waals surface area contributed by atoms with E-state index >= 15 is 0 Å². The van der Waals surface area contributed by atoms with E-state index in [1.807, 2.05) is 146 Å². The molecule has 6 aromatic rings. The molecule has 0 aliphatic heterocycles. The zero-order chi connectivity index (χ0) is 44.1. The van der Waals surface area contributed by atoms with Gasteiger partial charge in [0.05, 0.1) is 42.7 Å². The van der Waals surface area contributed by atoms with Gasteiger partial charge in [0.2, 0.25) is 0 Å². The summed E-state index contributed by atoms with van der Waals surface area (Å²) in [5.74, 6) is 3.78. The van der Waals surface area contributed by atoms with Gasteiger partial charge in [-0.1, -0.05) is 91.8 Å². The molecule has 0 heterocycles. The first-order chi connectivity index (χ1) is 29.7. The van der Waals surface area contributed by atoms with E-state index in [0.29, 0.717) is 0 Å². The monoisotopic (exact) mass is 1020 g/mol. The maximum atomic E-state index is 8.89. The molecule has 326 valence electrons. The summed E-state index contributed by atoms with van der Waals surface area (Å²) in [6, 6.07) is 44.8. The van der Waals surface area contributed by atoms with Crippen molar-refractivity contribution in [2.45, 2.75) is 6.92 Å². The van der Waals surface area contributed by atoms with E-state index < -0.39 is 5.97 Å². The van der Waals surface area contributed by atoms with Crippen molar-refractivity contribution in [3.05, 3.63) is 162 Å². The Morgan fingerprint density at radius 3 is 0.698 bits per heavy atom. The van der Waals surface area contributed by atoms with E-state index in [9.17, 15) is 0 Å². The van der Waals surface area contributed by atoms with Gasteiger partial charge in [-0.3, -0.25) is 0 Å². The molecule has 0 saturated carbocycles. The van der Waals surface area contributed by atoms with Gasteiger partial charge in [-0.25, -0.2) is 0 Å². The van der Waals surface area contributed by atoms with Crippen LogP contribution >= 0.6 is 0 Å². The minimum absolute atomic E-state index is 0. The predicted octanol–water partition coefficient (Wildman–Crippen LogP) is 11.0. The molecule has 0 N–H and O–H groups in total. The quantitative estimate of drug-likeness (QED) is 0.0555. The number of aliphatic imine (C=N–C) groups is 3. The van der Waals surface area contributed by atoms with E-state index in [1.54, 1.807) is 42.7 Å². The van der Waals surface area contributed by atoms with Crippen molar-refractivity contribution >= 4 is 59.1 Å². The summed E-state index contributed by atoms with van der Waals surface area (Å²) in [5, 5.41) is 21.6. The Morgan fingerprint density at radius 1 is 0.381 bits per heavy atom. The maximum Gasteiger partial charge on any atom is 2.00 e. The molecule has 0 fully saturated rings. The van der Waals surface area contributed by atoms with Crippen LogP contribution in [0, 0.1) is 0 Å². The summed E-state index contributed by atoms with van der Waals surface area (Å²) < 4.78 is 30.5. The normalized spacial score (nSPS) is 9.83. The summed E-state index contributed by atoms with van der Waals surface area (Å²) >= 11 is 0. The van der Waals surface area contributed by atoms with Crippen molar-refractivity contribution in [3.8, 4) is 34.5 Å². The molecule has 63 heavy (non-hydrogen) atoms. The molecular weight excluding hydrogens is 968 g/mol. The van der Waals surface area contributed by atoms with Gasteiger partial charge in [0.1, 0.15) is 34.5 Å². The number of nitrogens with zero attached hydrogens (tertiary/aromatic N) is 6. The molecule has 0 radical (unpaired) electrons. The van der Waals surface area contributed by atoms with Crippen LogP contribution < -0.4 is 33.5 Å². The molecule has 0 bridgehead atoms. The zero-order valence-electron chi connectivity index (χ0n) is 35.9. The third-order valence-corrected chi connectivity index (χ3v) is 7.68. The fourth-order valence-electron chi connectivity index (χ4n) is 4.50. The predicted molar refractivity (Wildman–Crippen MR) is 242 cm³/mol. The van der Waals surface area contributed by atoms with Crippen LogP contribution in [0.4, 0.5) is 34.1 Å². The van der Waals surface area contributed by atoms with Crippen LogP contribution in [0.2, 0.25) is 0 Å². The van der Waals surface area contributed by atoms with Crippen molar-refractivity contribution in [1.82, 2.24) is 0 Å². The molecule has 0 aromatic heterocycles. The largest absolute Gasteiger partial charge is 2.00 e. The summed E-state index contributed by atoms with van der Waals surface area (Å²) in [6.45, 7) is 0.972. The Labute approximate surface area is 397 Å². The topological polar surface area (TPSA) is 175 Å². The van der Waals surface area contributed by atoms with Gasteiger partial charge in [0.25, 0.3) is 0 Å². The number of ether oxygens (including phenoxy) is 6. The number of carboxylic acid groups (broad SMARTS) is 1. The van der Waals surface area contributed by atoms with E-state index in [4.69, 9.17) is 38.3 Å². The van der Waals surface area contributed by atoms with Gasteiger partial charge in [0.15, 0.2) is 0 Å². The summed E-state index contributed by atoms with van der Waals surface area (Å²) in [7, 11) is 9.82. The number of hydrogen-bond acceptors (Lipinski definition) is 11. The first-order valence-electron chi connectivity index (χ1n) is 18.4. The summed E-state index contributed by atoms with van der Waals surface area (Å²) in [6.07, 6.45) is 4.59. The van der Waals surface area contributed by atoms with Gasteiger partial charge in [-0.05, 0) is 114 Å². The number of rotatable bonds is 15.